The van der Waals surface area contributed by atoms with Crippen molar-refractivity contribution in [2.75, 3.05) is 6.26 Å². The zero-order chi connectivity index (χ0) is 24.6. The van der Waals surface area contributed by atoms with Crippen LogP contribution in [-0.2, 0) is 12.8 Å². The van der Waals surface area contributed by atoms with Crippen LogP contribution in [0.4, 0.5) is 0 Å². The van der Waals surface area contributed by atoms with Gasteiger partial charge >= 0.3 is 0 Å². The van der Waals surface area contributed by atoms with Crippen molar-refractivity contribution in [2.24, 2.45) is 0 Å². The minimum absolute atomic E-state index is 1.12. The molecule has 1 heterocycles. The normalized spacial score (nSPS) is 10.5. The van der Waals surface area contributed by atoms with E-state index in [0.29, 0.717) is 0 Å². The van der Waals surface area contributed by atoms with Crippen molar-refractivity contribution >= 4 is 17.8 Å². The molecule has 2 heteroatoms. The maximum absolute atomic E-state index is 4.31. The van der Waals surface area contributed by atoms with Crippen molar-refractivity contribution in [1.29, 1.82) is 0 Å². The fraction of sp³-hybridized carbons (Fsp3) is 0.323. The number of aromatic nitrogens is 1. The molecule has 0 amide bonds. The van der Waals surface area contributed by atoms with E-state index in [4.69, 9.17) is 0 Å². The zero-order valence-corrected chi connectivity index (χ0v) is 22.4. The first-order valence-electron chi connectivity index (χ1n) is 11.8. The molecule has 3 aromatic rings. The maximum atomic E-state index is 4.31. The van der Waals surface area contributed by atoms with E-state index in [1.165, 1.54) is 56.8 Å². The first kappa shape index (κ1) is 28.5. The molecule has 0 aliphatic heterocycles. The highest BCUT2D eigenvalue weighted by atomic mass is 32.2. The average molecular weight is 460 g/mol. The second kappa shape index (κ2) is 16.1. The summed E-state index contributed by atoms with van der Waals surface area (Å²) in [5.74, 6) is 0. The van der Waals surface area contributed by atoms with Gasteiger partial charge in [0.25, 0.3) is 0 Å². The molecule has 2 aromatic carbocycles. The van der Waals surface area contributed by atoms with Crippen molar-refractivity contribution in [2.45, 2.75) is 65.7 Å². The summed E-state index contributed by atoms with van der Waals surface area (Å²) >= 11 is 1.78. The standard InChI is InChI=1S/C12H14.C11H17N.C8H10S/c1-4-10(2)9-12-8-6-5-7-11(12)3;1-4-6-11-9(3)12-8-7-10(11)5-2;1-7-4-3-5-8(6-7)9-2/h4-9H,1H2,2-3H3;7-8H,4-6H2,1-3H3;3-6H,1-2H3/b10-9-;;. The Labute approximate surface area is 207 Å². The largest absolute Gasteiger partial charge is 0.261 e. The molecular weight excluding hydrogens is 418 g/mol. The molecule has 1 aromatic heterocycles. The zero-order valence-electron chi connectivity index (χ0n) is 21.6. The lowest BCUT2D eigenvalue weighted by Crippen LogP contribution is -1.97. The summed E-state index contributed by atoms with van der Waals surface area (Å²) in [5.41, 5.74) is 9.24. The molecule has 0 bridgehead atoms. The second-order valence-electron chi connectivity index (χ2n) is 8.11. The molecule has 3 rings (SSSR count). The van der Waals surface area contributed by atoms with E-state index < -0.39 is 0 Å². The van der Waals surface area contributed by atoms with Gasteiger partial charge in [0.15, 0.2) is 0 Å². The van der Waals surface area contributed by atoms with Gasteiger partial charge in [0.2, 0.25) is 0 Å². The monoisotopic (exact) mass is 459 g/mol. The Kier molecular flexibility index (Phi) is 13.9. The Balaban J connectivity index is 0.000000250. The van der Waals surface area contributed by atoms with Gasteiger partial charge in [0.1, 0.15) is 0 Å². The number of thioether (sulfide) groups is 1. The molecule has 0 fully saturated rings. The van der Waals surface area contributed by atoms with E-state index in [0.717, 1.165) is 6.42 Å². The van der Waals surface area contributed by atoms with Crippen LogP contribution in [0.25, 0.3) is 6.08 Å². The average Bonchev–Trinajstić information content (AvgIpc) is 2.82. The van der Waals surface area contributed by atoms with Crippen LogP contribution >= 0.6 is 11.8 Å². The van der Waals surface area contributed by atoms with Crippen molar-refractivity contribution in [3.63, 3.8) is 0 Å². The second-order valence-corrected chi connectivity index (χ2v) is 8.99. The molecule has 0 radical (unpaired) electrons. The van der Waals surface area contributed by atoms with E-state index in [1.807, 2.05) is 12.3 Å². The van der Waals surface area contributed by atoms with Gasteiger partial charge < -0.3 is 0 Å². The van der Waals surface area contributed by atoms with Crippen molar-refractivity contribution in [3.05, 3.63) is 113 Å². The molecule has 0 N–H and O–H groups in total. The number of hydrogen-bond donors (Lipinski definition) is 0. The minimum Gasteiger partial charge on any atom is -0.261 e. The highest BCUT2D eigenvalue weighted by molar-refractivity contribution is 7.98. The van der Waals surface area contributed by atoms with Crippen LogP contribution in [0.2, 0.25) is 0 Å². The van der Waals surface area contributed by atoms with Gasteiger partial charge in [-0.05, 0) is 87.2 Å². The minimum atomic E-state index is 1.12. The van der Waals surface area contributed by atoms with Crippen molar-refractivity contribution in [1.82, 2.24) is 4.98 Å². The lowest BCUT2D eigenvalue weighted by atomic mass is 10.0. The predicted molar refractivity (Wildman–Crippen MR) is 150 cm³/mol. The molecule has 0 saturated heterocycles. The smallest absolute Gasteiger partial charge is 0.0407 e. The van der Waals surface area contributed by atoms with Crippen LogP contribution < -0.4 is 0 Å². The van der Waals surface area contributed by atoms with E-state index >= 15 is 0 Å². The Morgan fingerprint density at radius 2 is 1.73 bits per heavy atom. The van der Waals surface area contributed by atoms with E-state index in [9.17, 15) is 0 Å². The van der Waals surface area contributed by atoms with E-state index in [2.05, 4.69) is 120 Å². The summed E-state index contributed by atoms with van der Waals surface area (Å²) in [4.78, 5) is 5.65. The lowest BCUT2D eigenvalue weighted by Gasteiger charge is -2.08. The molecular formula is C31H41NS. The summed E-state index contributed by atoms with van der Waals surface area (Å²) in [6.45, 7) is 16.5. The van der Waals surface area contributed by atoms with Crippen LogP contribution in [0.3, 0.4) is 0 Å². The summed E-state index contributed by atoms with van der Waals surface area (Å²) in [6, 6.07) is 19.0. The summed E-state index contributed by atoms with van der Waals surface area (Å²) in [5, 5.41) is 0. The van der Waals surface area contributed by atoms with Crippen LogP contribution in [-0.4, -0.2) is 11.2 Å². The third-order valence-electron chi connectivity index (χ3n) is 5.37. The van der Waals surface area contributed by atoms with E-state index in [1.54, 1.807) is 11.8 Å². The van der Waals surface area contributed by atoms with Crippen LogP contribution in [0.1, 0.15) is 60.7 Å². The topological polar surface area (TPSA) is 12.9 Å². The highest BCUT2D eigenvalue weighted by Crippen LogP contribution is 2.15. The molecule has 0 aliphatic carbocycles. The number of nitrogens with zero attached hydrogens (tertiary/aromatic N) is 1. The highest BCUT2D eigenvalue weighted by Gasteiger charge is 2.02. The summed E-state index contributed by atoms with van der Waals surface area (Å²) < 4.78 is 0. The maximum Gasteiger partial charge on any atom is 0.0407 e. The fourth-order valence-corrected chi connectivity index (χ4v) is 3.89. The number of aryl methyl sites for hydroxylation is 4. The van der Waals surface area contributed by atoms with Gasteiger partial charge in [-0.25, -0.2) is 0 Å². The number of pyridine rings is 1. The molecule has 176 valence electrons. The number of benzene rings is 2. The predicted octanol–water partition coefficient (Wildman–Crippen LogP) is 9.21. The van der Waals surface area contributed by atoms with Gasteiger partial charge in [0.05, 0.1) is 0 Å². The Morgan fingerprint density at radius 3 is 2.27 bits per heavy atom. The Bertz CT molecular complexity index is 1020. The quantitative estimate of drug-likeness (QED) is 0.269. The molecule has 1 nitrogen and oxygen atoms in total. The Morgan fingerprint density at radius 1 is 1.00 bits per heavy atom. The fourth-order valence-electron chi connectivity index (χ4n) is 3.37. The molecule has 0 saturated carbocycles. The Hall–Kier alpha value is -2.58. The van der Waals surface area contributed by atoms with Gasteiger partial charge in [-0.3, -0.25) is 4.98 Å². The number of rotatable bonds is 6. The van der Waals surface area contributed by atoms with Gasteiger partial charge in [-0.2, -0.15) is 0 Å². The summed E-state index contributed by atoms with van der Waals surface area (Å²) in [7, 11) is 0. The lowest BCUT2D eigenvalue weighted by molar-refractivity contribution is 0.873. The van der Waals surface area contributed by atoms with Gasteiger partial charge in [0, 0.05) is 16.8 Å². The SMILES string of the molecule is C=C/C(C)=C\c1ccccc1C.CCCc1c(CC)ccnc1C.CSc1cccc(C)c1. The van der Waals surface area contributed by atoms with Crippen LogP contribution in [0.5, 0.6) is 0 Å². The van der Waals surface area contributed by atoms with Gasteiger partial charge in [-0.15, -0.1) is 11.8 Å². The van der Waals surface area contributed by atoms with Crippen molar-refractivity contribution < 1.29 is 0 Å². The first-order valence-corrected chi connectivity index (χ1v) is 13.0. The third-order valence-corrected chi connectivity index (χ3v) is 6.09. The molecule has 0 spiro atoms. The molecule has 0 aliphatic rings. The molecule has 0 atom stereocenters. The number of allylic oxidation sites excluding steroid dienone is 2. The summed E-state index contributed by atoms with van der Waals surface area (Å²) in [6.07, 6.45) is 11.5. The van der Waals surface area contributed by atoms with E-state index in [-0.39, 0.29) is 0 Å². The number of hydrogen-bond acceptors (Lipinski definition) is 2. The van der Waals surface area contributed by atoms with Crippen LogP contribution in [0.15, 0.2) is 83.9 Å². The van der Waals surface area contributed by atoms with Crippen LogP contribution in [0, 0.1) is 20.8 Å². The first-order chi connectivity index (χ1) is 15.9. The molecule has 0 unspecified atom stereocenters. The van der Waals surface area contributed by atoms with Crippen molar-refractivity contribution in [3.8, 4) is 0 Å². The van der Waals surface area contributed by atoms with Gasteiger partial charge in [-0.1, -0.05) is 86.5 Å². The molecule has 33 heavy (non-hydrogen) atoms. The third kappa shape index (κ3) is 10.7.